The predicted molar refractivity (Wildman–Crippen MR) is 52.1 cm³/mol. The van der Waals surface area contributed by atoms with Gasteiger partial charge in [-0.05, 0) is 19.3 Å². The Labute approximate surface area is 121 Å². The van der Waals surface area contributed by atoms with Crippen molar-refractivity contribution >= 4 is 0 Å². The first kappa shape index (κ1) is 23.9. The van der Waals surface area contributed by atoms with E-state index in [4.69, 9.17) is 15.3 Å². The van der Waals surface area contributed by atoms with E-state index in [1.54, 1.807) is 0 Å². The molecule has 0 fully saturated rings. The fraction of sp³-hybridized carbons (Fsp3) is 1.00. The van der Waals surface area contributed by atoms with Gasteiger partial charge in [0.2, 0.25) is 0 Å². The van der Waals surface area contributed by atoms with Gasteiger partial charge >= 0.3 is 0 Å². The van der Waals surface area contributed by atoms with Crippen LogP contribution in [0.25, 0.3) is 0 Å². The minimum absolute atomic E-state index is 0. The quantitative estimate of drug-likeness (QED) is 0.714. The van der Waals surface area contributed by atoms with Crippen LogP contribution in [-0.2, 0) is 0 Å². The van der Waals surface area contributed by atoms with Crippen molar-refractivity contribution in [1.29, 1.82) is 0 Å². The molecule has 0 radical (unpaired) electrons. The second-order valence-electron chi connectivity index (χ2n) is 2.17. The van der Waals surface area contributed by atoms with E-state index in [0.29, 0.717) is 19.8 Å². The Balaban J connectivity index is -0.0000000450. The molecule has 0 saturated heterocycles. The molecule has 0 aliphatic carbocycles. The van der Waals surface area contributed by atoms with Crippen LogP contribution in [0, 0.1) is 46.9 Å². The first-order chi connectivity index (χ1) is 5.74. The van der Waals surface area contributed by atoms with E-state index in [1.807, 2.05) is 20.8 Å². The summed E-state index contributed by atoms with van der Waals surface area (Å²) >= 11 is 0. The van der Waals surface area contributed by atoms with Gasteiger partial charge in [0.1, 0.15) is 0 Å². The zero-order valence-corrected chi connectivity index (χ0v) is 10.6. The maximum Gasteiger partial charge on any atom is 0.0428 e. The largest absolute Gasteiger partial charge is 0.396 e. The number of hydrogen-bond donors (Lipinski definition) is 3. The molecular formula is C9H24O3Yb. The van der Waals surface area contributed by atoms with Crippen molar-refractivity contribution < 1.29 is 62.2 Å². The first-order valence-corrected chi connectivity index (χ1v) is 4.57. The molecule has 0 aromatic carbocycles. The van der Waals surface area contributed by atoms with Crippen LogP contribution < -0.4 is 0 Å². The summed E-state index contributed by atoms with van der Waals surface area (Å²) in [6.45, 7) is 6.75. The fourth-order valence-corrected chi connectivity index (χ4v) is 0. The van der Waals surface area contributed by atoms with Crippen LogP contribution in [0.4, 0.5) is 0 Å². The average molecular weight is 353 g/mol. The van der Waals surface area contributed by atoms with Crippen LogP contribution in [0.1, 0.15) is 40.0 Å². The minimum atomic E-state index is 0. The van der Waals surface area contributed by atoms with Gasteiger partial charge in [-0.2, -0.15) is 0 Å². The first-order valence-electron chi connectivity index (χ1n) is 4.57. The van der Waals surface area contributed by atoms with Crippen molar-refractivity contribution in [2.24, 2.45) is 0 Å². The molecular weight excluding hydrogens is 329 g/mol. The van der Waals surface area contributed by atoms with Gasteiger partial charge < -0.3 is 15.3 Å². The molecule has 0 spiro atoms. The van der Waals surface area contributed by atoms with E-state index in [0.717, 1.165) is 19.3 Å². The van der Waals surface area contributed by atoms with E-state index < -0.39 is 0 Å². The van der Waals surface area contributed by atoms with Crippen molar-refractivity contribution in [3.63, 3.8) is 0 Å². The maximum absolute atomic E-state index is 7.88. The van der Waals surface area contributed by atoms with Crippen molar-refractivity contribution in [2.45, 2.75) is 40.0 Å². The van der Waals surface area contributed by atoms with Crippen molar-refractivity contribution in [3.8, 4) is 0 Å². The summed E-state index contributed by atoms with van der Waals surface area (Å²) in [6.07, 6.45) is 2.62. The summed E-state index contributed by atoms with van der Waals surface area (Å²) in [5.41, 5.74) is 0. The van der Waals surface area contributed by atoms with Gasteiger partial charge in [0.05, 0.1) is 0 Å². The minimum Gasteiger partial charge on any atom is -0.396 e. The van der Waals surface area contributed by atoms with Gasteiger partial charge in [-0.3, -0.25) is 0 Å². The van der Waals surface area contributed by atoms with Crippen molar-refractivity contribution in [2.75, 3.05) is 19.8 Å². The maximum atomic E-state index is 7.88. The molecule has 0 aromatic rings. The molecule has 0 atom stereocenters. The number of aliphatic hydroxyl groups excluding tert-OH is 3. The molecule has 0 rings (SSSR count). The molecule has 92 valence electrons. The molecule has 0 aromatic heterocycles. The average Bonchev–Trinajstić information content (AvgIpc) is 2.18. The zero-order valence-electron chi connectivity index (χ0n) is 8.85. The van der Waals surface area contributed by atoms with Crippen LogP contribution in [0.2, 0.25) is 0 Å². The van der Waals surface area contributed by atoms with Crippen LogP contribution in [-0.4, -0.2) is 35.1 Å². The summed E-state index contributed by atoms with van der Waals surface area (Å²) in [7, 11) is 0. The van der Waals surface area contributed by atoms with Gasteiger partial charge in [-0.15, -0.1) is 0 Å². The molecule has 0 aliphatic rings. The topological polar surface area (TPSA) is 60.7 Å². The molecule has 0 heterocycles. The third kappa shape index (κ3) is 90.0. The monoisotopic (exact) mass is 354 g/mol. The van der Waals surface area contributed by atoms with Crippen LogP contribution in [0.5, 0.6) is 0 Å². The molecule has 0 bridgehead atoms. The molecule has 13 heavy (non-hydrogen) atoms. The van der Waals surface area contributed by atoms with Crippen LogP contribution >= 0.6 is 0 Å². The van der Waals surface area contributed by atoms with Crippen molar-refractivity contribution in [3.05, 3.63) is 0 Å². The molecule has 0 saturated carbocycles. The number of rotatable bonds is 3. The fourth-order valence-electron chi connectivity index (χ4n) is 0. The SMILES string of the molecule is CCCO.CCCO.CCCO.[Yb]. The van der Waals surface area contributed by atoms with E-state index in [9.17, 15) is 0 Å². The Morgan fingerprint density at radius 3 is 0.692 bits per heavy atom. The Hall–Kier alpha value is 1.40. The normalized spacial score (nSPS) is 6.92. The van der Waals surface area contributed by atoms with Gasteiger partial charge in [-0.25, -0.2) is 0 Å². The summed E-state index contributed by atoms with van der Waals surface area (Å²) in [4.78, 5) is 0. The predicted octanol–water partition coefficient (Wildman–Crippen LogP) is 1.17. The van der Waals surface area contributed by atoms with Gasteiger partial charge in [0, 0.05) is 66.7 Å². The number of aliphatic hydroxyl groups is 3. The van der Waals surface area contributed by atoms with E-state index in [-0.39, 0.29) is 46.9 Å². The molecule has 3 N–H and O–H groups in total. The molecule has 4 heteroatoms. The summed E-state index contributed by atoms with van der Waals surface area (Å²) in [5, 5.41) is 23.6. The Morgan fingerprint density at radius 1 is 0.615 bits per heavy atom. The standard InChI is InChI=1S/3C3H8O.Yb/c3*1-2-3-4;/h3*4H,2-3H2,1H3;. The summed E-state index contributed by atoms with van der Waals surface area (Å²) < 4.78 is 0. The molecule has 0 unspecified atom stereocenters. The molecule has 3 nitrogen and oxygen atoms in total. The third-order valence-electron chi connectivity index (χ3n) is 0.671. The van der Waals surface area contributed by atoms with Gasteiger partial charge in [0.25, 0.3) is 0 Å². The smallest absolute Gasteiger partial charge is 0.0428 e. The zero-order chi connectivity index (χ0) is 10.2. The number of hydrogen-bond acceptors (Lipinski definition) is 3. The molecule has 0 amide bonds. The van der Waals surface area contributed by atoms with Gasteiger partial charge in [-0.1, -0.05) is 20.8 Å². The summed E-state index contributed by atoms with van der Waals surface area (Å²) in [6, 6.07) is 0. The van der Waals surface area contributed by atoms with E-state index in [1.165, 1.54) is 0 Å². The second kappa shape index (κ2) is 37.6. The Morgan fingerprint density at radius 2 is 0.692 bits per heavy atom. The van der Waals surface area contributed by atoms with Crippen molar-refractivity contribution in [1.82, 2.24) is 0 Å². The Kier molecular flexibility index (Phi) is 69.2. The van der Waals surface area contributed by atoms with Crippen LogP contribution in [0.3, 0.4) is 0 Å². The summed E-state index contributed by atoms with van der Waals surface area (Å²) in [5.74, 6) is 0. The van der Waals surface area contributed by atoms with E-state index in [2.05, 4.69) is 0 Å². The third-order valence-corrected chi connectivity index (χ3v) is 0.671. The Bertz CT molecular complexity index is 30.3. The molecule has 0 aliphatic heterocycles. The van der Waals surface area contributed by atoms with Gasteiger partial charge in [0.15, 0.2) is 0 Å². The second-order valence-corrected chi connectivity index (χ2v) is 2.17. The van der Waals surface area contributed by atoms with E-state index >= 15 is 0 Å². The van der Waals surface area contributed by atoms with Crippen LogP contribution in [0.15, 0.2) is 0 Å².